The Morgan fingerprint density at radius 1 is 1.37 bits per heavy atom. The zero-order valence-corrected chi connectivity index (χ0v) is 11.3. The van der Waals surface area contributed by atoms with Crippen molar-refractivity contribution in [1.82, 2.24) is 4.90 Å². The molecule has 3 N–H and O–H groups in total. The van der Waals surface area contributed by atoms with Crippen LogP contribution < -0.4 is 11.1 Å². The highest BCUT2D eigenvalue weighted by molar-refractivity contribution is 5.76. The normalized spacial score (nSPS) is 15.3. The van der Waals surface area contributed by atoms with E-state index in [1.54, 1.807) is 0 Å². The second-order valence-corrected chi connectivity index (χ2v) is 4.80. The molecule has 1 aromatic rings. The molecule has 1 aromatic carbocycles. The molecule has 1 amide bonds. The van der Waals surface area contributed by atoms with Gasteiger partial charge in [-0.15, -0.1) is 0 Å². The first-order valence-electron chi connectivity index (χ1n) is 6.62. The van der Waals surface area contributed by atoms with Gasteiger partial charge in [-0.05, 0) is 30.7 Å². The van der Waals surface area contributed by atoms with Gasteiger partial charge in [-0.25, -0.2) is 0 Å². The van der Waals surface area contributed by atoms with Crippen LogP contribution in [0.4, 0.5) is 11.4 Å². The van der Waals surface area contributed by atoms with Gasteiger partial charge in [0.2, 0.25) is 5.91 Å². The predicted octanol–water partition coefficient (Wildman–Crippen LogP) is 1.24. The standard InChI is InChI=1S/C14H21N3O2/c1-11-8-12(15)10-13(9-11)16-3-2-14(18)17-4-6-19-7-5-17/h8-10,16H,2-7,15H2,1H3. The summed E-state index contributed by atoms with van der Waals surface area (Å²) >= 11 is 0. The molecule has 1 aliphatic heterocycles. The first kappa shape index (κ1) is 13.7. The lowest BCUT2D eigenvalue weighted by atomic mass is 10.2. The molecule has 0 saturated carbocycles. The molecule has 0 unspecified atom stereocenters. The van der Waals surface area contributed by atoms with E-state index in [2.05, 4.69) is 5.32 Å². The van der Waals surface area contributed by atoms with Crippen molar-refractivity contribution in [3.63, 3.8) is 0 Å². The van der Waals surface area contributed by atoms with E-state index in [0.29, 0.717) is 39.3 Å². The van der Waals surface area contributed by atoms with Gasteiger partial charge >= 0.3 is 0 Å². The van der Waals surface area contributed by atoms with Gasteiger partial charge in [0.25, 0.3) is 0 Å². The molecular formula is C14H21N3O2. The average molecular weight is 263 g/mol. The van der Waals surface area contributed by atoms with Crippen LogP contribution in [-0.2, 0) is 9.53 Å². The van der Waals surface area contributed by atoms with Crippen LogP contribution in [0.5, 0.6) is 0 Å². The summed E-state index contributed by atoms with van der Waals surface area (Å²) in [6, 6.07) is 5.83. The SMILES string of the molecule is Cc1cc(N)cc(NCCC(=O)N2CCOCC2)c1. The van der Waals surface area contributed by atoms with Crippen LogP contribution in [0.15, 0.2) is 18.2 Å². The topological polar surface area (TPSA) is 67.6 Å². The minimum atomic E-state index is 0.177. The number of rotatable bonds is 4. The number of nitrogen functional groups attached to an aromatic ring is 1. The number of amides is 1. The lowest BCUT2D eigenvalue weighted by Crippen LogP contribution is -2.41. The lowest BCUT2D eigenvalue weighted by Gasteiger charge is -2.26. The number of nitrogens with one attached hydrogen (secondary N) is 1. The minimum absolute atomic E-state index is 0.177. The van der Waals surface area contributed by atoms with Crippen LogP contribution in [0, 0.1) is 6.92 Å². The molecular weight excluding hydrogens is 242 g/mol. The van der Waals surface area contributed by atoms with E-state index in [9.17, 15) is 4.79 Å². The van der Waals surface area contributed by atoms with Crippen molar-refractivity contribution in [2.75, 3.05) is 43.9 Å². The number of carbonyl (C=O) groups excluding carboxylic acids is 1. The first-order chi connectivity index (χ1) is 9.15. The van der Waals surface area contributed by atoms with Crippen LogP contribution in [0.3, 0.4) is 0 Å². The molecule has 0 aromatic heterocycles. The van der Waals surface area contributed by atoms with Crippen LogP contribution in [0.25, 0.3) is 0 Å². The molecule has 1 aliphatic rings. The molecule has 1 heterocycles. The molecule has 5 heteroatoms. The Balaban J connectivity index is 1.77. The number of anilines is 2. The van der Waals surface area contributed by atoms with Crippen molar-refractivity contribution in [2.24, 2.45) is 0 Å². The number of hydrogen-bond donors (Lipinski definition) is 2. The summed E-state index contributed by atoms with van der Waals surface area (Å²) in [5.74, 6) is 0.177. The van der Waals surface area contributed by atoms with E-state index in [0.717, 1.165) is 16.9 Å². The Hall–Kier alpha value is -1.75. The molecule has 5 nitrogen and oxygen atoms in total. The quantitative estimate of drug-likeness (QED) is 0.802. The van der Waals surface area contributed by atoms with Gasteiger partial charge in [0, 0.05) is 37.4 Å². The van der Waals surface area contributed by atoms with Gasteiger partial charge in [-0.3, -0.25) is 4.79 Å². The maximum atomic E-state index is 11.9. The summed E-state index contributed by atoms with van der Waals surface area (Å²) in [6.45, 7) is 5.33. The van der Waals surface area contributed by atoms with E-state index >= 15 is 0 Å². The molecule has 0 aliphatic carbocycles. The van der Waals surface area contributed by atoms with Crippen LogP contribution in [0.1, 0.15) is 12.0 Å². The third-order valence-electron chi connectivity index (χ3n) is 3.13. The highest BCUT2D eigenvalue weighted by atomic mass is 16.5. The third kappa shape index (κ3) is 4.13. The highest BCUT2D eigenvalue weighted by Crippen LogP contribution is 2.15. The monoisotopic (exact) mass is 263 g/mol. The van der Waals surface area contributed by atoms with Gasteiger partial charge in [0.05, 0.1) is 13.2 Å². The number of ether oxygens (including phenoxy) is 1. The maximum absolute atomic E-state index is 11.9. The Morgan fingerprint density at radius 3 is 2.79 bits per heavy atom. The van der Waals surface area contributed by atoms with Crippen molar-refractivity contribution in [1.29, 1.82) is 0 Å². The van der Waals surface area contributed by atoms with Crippen LogP contribution >= 0.6 is 0 Å². The number of nitrogens with two attached hydrogens (primary N) is 1. The molecule has 0 radical (unpaired) electrons. The van der Waals surface area contributed by atoms with Crippen molar-refractivity contribution in [2.45, 2.75) is 13.3 Å². The predicted molar refractivity (Wildman–Crippen MR) is 76.1 cm³/mol. The molecule has 2 rings (SSSR count). The largest absolute Gasteiger partial charge is 0.399 e. The summed E-state index contributed by atoms with van der Waals surface area (Å²) in [7, 11) is 0. The number of aryl methyl sites for hydroxylation is 1. The fourth-order valence-corrected chi connectivity index (χ4v) is 2.20. The highest BCUT2D eigenvalue weighted by Gasteiger charge is 2.15. The van der Waals surface area contributed by atoms with Gasteiger partial charge < -0.3 is 20.7 Å². The Bertz CT molecular complexity index is 422. The summed E-state index contributed by atoms with van der Waals surface area (Å²) in [6.07, 6.45) is 0.494. The van der Waals surface area contributed by atoms with Crippen molar-refractivity contribution in [3.8, 4) is 0 Å². The molecule has 1 saturated heterocycles. The Morgan fingerprint density at radius 2 is 2.11 bits per heavy atom. The molecule has 0 bridgehead atoms. The minimum Gasteiger partial charge on any atom is -0.399 e. The third-order valence-corrected chi connectivity index (χ3v) is 3.13. The zero-order valence-electron chi connectivity index (χ0n) is 11.3. The van der Waals surface area contributed by atoms with Gasteiger partial charge in [-0.1, -0.05) is 0 Å². The number of nitrogens with zero attached hydrogens (tertiary/aromatic N) is 1. The zero-order chi connectivity index (χ0) is 13.7. The smallest absolute Gasteiger partial charge is 0.224 e. The molecule has 19 heavy (non-hydrogen) atoms. The average Bonchev–Trinajstić information content (AvgIpc) is 2.38. The van der Waals surface area contributed by atoms with Crippen molar-refractivity contribution >= 4 is 17.3 Å². The summed E-state index contributed by atoms with van der Waals surface area (Å²) in [4.78, 5) is 13.8. The molecule has 104 valence electrons. The number of morpholine rings is 1. The molecule has 0 atom stereocenters. The van der Waals surface area contributed by atoms with Crippen LogP contribution in [-0.4, -0.2) is 43.7 Å². The molecule has 1 fully saturated rings. The van der Waals surface area contributed by atoms with Gasteiger partial charge in [0.15, 0.2) is 0 Å². The second kappa shape index (κ2) is 6.43. The van der Waals surface area contributed by atoms with Crippen molar-refractivity contribution < 1.29 is 9.53 Å². The lowest BCUT2D eigenvalue weighted by molar-refractivity contribution is -0.134. The van der Waals surface area contributed by atoms with E-state index in [1.165, 1.54) is 0 Å². The second-order valence-electron chi connectivity index (χ2n) is 4.80. The summed E-state index contributed by atoms with van der Waals surface area (Å²) in [5.41, 5.74) is 8.59. The Labute approximate surface area is 113 Å². The van der Waals surface area contributed by atoms with Gasteiger partial charge in [0.1, 0.15) is 0 Å². The number of hydrogen-bond acceptors (Lipinski definition) is 4. The molecule has 0 spiro atoms. The summed E-state index contributed by atoms with van der Waals surface area (Å²) in [5, 5.41) is 3.24. The van der Waals surface area contributed by atoms with E-state index < -0.39 is 0 Å². The first-order valence-corrected chi connectivity index (χ1v) is 6.62. The van der Waals surface area contributed by atoms with Crippen LogP contribution in [0.2, 0.25) is 0 Å². The van der Waals surface area contributed by atoms with E-state index in [1.807, 2.05) is 30.0 Å². The van der Waals surface area contributed by atoms with Crippen molar-refractivity contribution in [3.05, 3.63) is 23.8 Å². The van der Waals surface area contributed by atoms with Gasteiger partial charge in [-0.2, -0.15) is 0 Å². The Kier molecular flexibility index (Phi) is 4.63. The summed E-state index contributed by atoms with van der Waals surface area (Å²) < 4.78 is 5.23. The van der Waals surface area contributed by atoms with E-state index in [-0.39, 0.29) is 5.91 Å². The van der Waals surface area contributed by atoms with E-state index in [4.69, 9.17) is 10.5 Å². The maximum Gasteiger partial charge on any atom is 0.224 e. The number of benzene rings is 1. The fraction of sp³-hybridized carbons (Fsp3) is 0.500. The number of carbonyl (C=O) groups is 1. The fourth-order valence-electron chi connectivity index (χ4n) is 2.20.